The number of aliphatic hydroxyl groups excluding tert-OH is 1. The molecule has 4 rings (SSSR count). The van der Waals surface area contributed by atoms with Gasteiger partial charge < -0.3 is 10.0 Å². The Morgan fingerprint density at radius 1 is 1.19 bits per heavy atom. The minimum absolute atomic E-state index is 0.0436. The van der Waals surface area contributed by atoms with Crippen molar-refractivity contribution in [3.8, 4) is 0 Å². The van der Waals surface area contributed by atoms with E-state index in [1.807, 2.05) is 41.3 Å². The molecular formula is C20H20N4O2. The van der Waals surface area contributed by atoms with Crippen molar-refractivity contribution in [1.82, 2.24) is 15.0 Å². The van der Waals surface area contributed by atoms with Crippen LogP contribution in [0.2, 0.25) is 0 Å². The Hall–Kier alpha value is -2.99. The van der Waals surface area contributed by atoms with Gasteiger partial charge in [-0.15, -0.1) is 5.10 Å². The molecule has 1 aliphatic heterocycles. The molecule has 2 atom stereocenters. The fourth-order valence-electron chi connectivity index (χ4n) is 3.42. The van der Waals surface area contributed by atoms with Crippen LogP contribution in [0, 0.1) is 0 Å². The van der Waals surface area contributed by atoms with E-state index in [0.717, 1.165) is 11.3 Å². The van der Waals surface area contributed by atoms with Gasteiger partial charge in [-0.2, -0.15) is 0 Å². The van der Waals surface area contributed by atoms with Gasteiger partial charge in [-0.05, 0) is 24.1 Å². The highest BCUT2D eigenvalue weighted by Crippen LogP contribution is 2.40. The van der Waals surface area contributed by atoms with Crippen LogP contribution in [-0.4, -0.2) is 32.6 Å². The van der Waals surface area contributed by atoms with Gasteiger partial charge in [0.05, 0.1) is 12.3 Å². The zero-order valence-electron chi connectivity index (χ0n) is 14.5. The Kier molecular flexibility index (Phi) is 4.26. The number of carbonyl (C=O) groups excluding carboxylic acids is 1. The van der Waals surface area contributed by atoms with Crippen LogP contribution < -0.4 is 4.90 Å². The van der Waals surface area contributed by atoms with E-state index in [1.54, 1.807) is 13.1 Å². The van der Waals surface area contributed by atoms with Crippen molar-refractivity contribution in [2.24, 2.45) is 0 Å². The fraction of sp³-hybridized carbons (Fsp3) is 0.250. The summed E-state index contributed by atoms with van der Waals surface area (Å²) in [4.78, 5) is 14.7. The molecule has 1 aliphatic rings. The topological polar surface area (TPSA) is 71.2 Å². The molecular weight excluding hydrogens is 328 g/mol. The number of aromatic nitrogens is 3. The third-order valence-corrected chi connectivity index (χ3v) is 4.75. The second-order valence-corrected chi connectivity index (χ2v) is 6.54. The number of amides is 1. The summed E-state index contributed by atoms with van der Waals surface area (Å²) in [6.07, 6.45) is 0.910. The first kappa shape index (κ1) is 16.5. The van der Waals surface area contributed by atoms with E-state index < -0.39 is 6.10 Å². The summed E-state index contributed by atoms with van der Waals surface area (Å²) in [5.74, 6) is 0.123. The molecule has 0 radical (unpaired) electrons. The Bertz CT molecular complexity index is 920. The maximum atomic E-state index is 12.9. The zero-order chi connectivity index (χ0) is 18.1. The number of anilines is 1. The van der Waals surface area contributed by atoms with Gasteiger partial charge in [0, 0.05) is 18.2 Å². The maximum Gasteiger partial charge on any atom is 0.248 e. The van der Waals surface area contributed by atoms with E-state index in [-0.39, 0.29) is 18.4 Å². The Balaban J connectivity index is 1.59. The SMILES string of the molecule is C[C@H](O)c1cn(CC(=O)N2C[C@H](c3ccccc3)c3ccccc32)nn1. The summed E-state index contributed by atoms with van der Waals surface area (Å²) in [5, 5.41) is 17.4. The standard InChI is InChI=1S/C20H20N4O2/c1-14(25)18-12-23(22-21-18)13-20(26)24-11-17(15-7-3-2-4-8-15)16-9-5-6-10-19(16)24/h2-10,12,14,17,25H,11,13H2,1H3/t14-,17+/m0/s1. The van der Waals surface area contributed by atoms with Crippen LogP contribution in [0.3, 0.4) is 0 Å². The van der Waals surface area contributed by atoms with Crippen LogP contribution in [0.5, 0.6) is 0 Å². The molecule has 0 saturated heterocycles. The van der Waals surface area contributed by atoms with Gasteiger partial charge in [0.25, 0.3) is 0 Å². The molecule has 3 aromatic rings. The number of hydrogen-bond donors (Lipinski definition) is 1. The summed E-state index contributed by atoms with van der Waals surface area (Å²) in [5.41, 5.74) is 3.77. The monoisotopic (exact) mass is 348 g/mol. The highest BCUT2D eigenvalue weighted by atomic mass is 16.3. The van der Waals surface area contributed by atoms with Crippen LogP contribution in [0.1, 0.15) is 35.8 Å². The molecule has 0 unspecified atom stereocenters. The quantitative estimate of drug-likeness (QED) is 0.786. The second-order valence-electron chi connectivity index (χ2n) is 6.54. The molecule has 0 aliphatic carbocycles. The second kappa shape index (κ2) is 6.72. The molecule has 6 heteroatoms. The summed E-state index contributed by atoms with van der Waals surface area (Å²) in [6, 6.07) is 18.3. The van der Waals surface area contributed by atoms with Crippen molar-refractivity contribution in [3.63, 3.8) is 0 Å². The Labute approximate surface area is 151 Å². The summed E-state index contributed by atoms with van der Waals surface area (Å²) in [6.45, 7) is 2.33. The molecule has 2 heterocycles. The summed E-state index contributed by atoms with van der Waals surface area (Å²) >= 11 is 0. The van der Waals surface area contributed by atoms with Crippen molar-refractivity contribution >= 4 is 11.6 Å². The van der Waals surface area contributed by atoms with Gasteiger partial charge in [0.2, 0.25) is 5.91 Å². The molecule has 0 spiro atoms. The minimum atomic E-state index is -0.700. The first-order chi connectivity index (χ1) is 12.6. The summed E-state index contributed by atoms with van der Waals surface area (Å²) < 4.78 is 1.48. The first-order valence-electron chi connectivity index (χ1n) is 8.66. The Morgan fingerprint density at radius 3 is 2.65 bits per heavy atom. The van der Waals surface area contributed by atoms with E-state index in [2.05, 4.69) is 28.5 Å². The molecule has 1 N–H and O–H groups in total. The molecule has 1 aromatic heterocycles. The number of carbonyl (C=O) groups is 1. The number of nitrogens with zero attached hydrogens (tertiary/aromatic N) is 4. The maximum absolute atomic E-state index is 12.9. The predicted octanol–water partition coefficient (Wildman–Crippen LogP) is 2.51. The average molecular weight is 348 g/mol. The lowest BCUT2D eigenvalue weighted by atomic mass is 9.93. The van der Waals surface area contributed by atoms with E-state index in [1.165, 1.54) is 10.2 Å². The molecule has 132 valence electrons. The molecule has 26 heavy (non-hydrogen) atoms. The number of benzene rings is 2. The normalized spacial score (nSPS) is 17.2. The van der Waals surface area contributed by atoms with Crippen LogP contribution in [0.25, 0.3) is 0 Å². The molecule has 0 fully saturated rings. The van der Waals surface area contributed by atoms with Gasteiger partial charge in [-0.1, -0.05) is 53.7 Å². The van der Waals surface area contributed by atoms with E-state index in [0.29, 0.717) is 12.2 Å². The van der Waals surface area contributed by atoms with Gasteiger partial charge >= 0.3 is 0 Å². The third kappa shape index (κ3) is 2.99. The first-order valence-corrected chi connectivity index (χ1v) is 8.66. The predicted molar refractivity (Wildman–Crippen MR) is 97.7 cm³/mol. The van der Waals surface area contributed by atoms with Crippen LogP contribution in [-0.2, 0) is 11.3 Å². The van der Waals surface area contributed by atoms with E-state index in [9.17, 15) is 9.90 Å². The van der Waals surface area contributed by atoms with Crippen molar-refractivity contribution in [2.45, 2.75) is 25.5 Å². The highest BCUT2D eigenvalue weighted by Gasteiger charge is 2.33. The smallest absolute Gasteiger partial charge is 0.248 e. The van der Waals surface area contributed by atoms with Crippen LogP contribution >= 0.6 is 0 Å². The van der Waals surface area contributed by atoms with Crippen molar-refractivity contribution in [1.29, 1.82) is 0 Å². The number of fused-ring (bicyclic) bond motifs is 1. The summed E-state index contributed by atoms with van der Waals surface area (Å²) in [7, 11) is 0. The number of aliphatic hydroxyl groups is 1. The molecule has 0 bridgehead atoms. The third-order valence-electron chi connectivity index (χ3n) is 4.75. The minimum Gasteiger partial charge on any atom is -0.387 e. The number of para-hydroxylation sites is 1. The molecule has 2 aromatic carbocycles. The van der Waals surface area contributed by atoms with Crippen molar-refractivity contribution in [2.75, 3.05) is 11.4 Å². The number of hydrogen-bond acceptors (Lipinski definition) is 4. The van der Waals surface area contributed by atoms with Gasteiger partial charge in [0.15, 0.2) is 0 Å². The van der Waals surface area contributed by atoms with Crippen LogP contribution in [0.15, 0.2) is 60.8 Å². The lowest BCUT2D eigenvalue weighted by Crippen LogP contribution is -2.33. The molecule has 1 amide bonds. The van der Waals surface area contributed by atoms with E-state index >= 15 is 0 Å². The van der Waals surface area contributed by atoms with Gasteiger partial charge in [-0.25, -0.2) is 4.68 Å². The van der Waals surface area contributed by atoms with Gasteiger partial charge in [0.1, 0.15) is 12.2 Å². The van der Waals surface area contributed by atoms with Gasteiger partial charge in [-0.3, -0.25) is 4.79 Å². The van der Waals surface area contributed by atoms with E-state index in [4.69, 9.17) is 0 Å². The van der Waals surface area contributed by atoms with Crippen molar-refractivity contribution in [3.05, 3.63) is 77.6 Å². The largest absolute Gasteiger partial charge is 0.387 e. The lowest BCUT2D eigenvalue weighted by molar-refractivity contribution is -0.119. The molecule has 0 saturated carbocycles. The fourth-order valence-corrected chi connectivity index (χ4v) is 3.42. The number of rotatable bonds is 4. The Morgan fingerprint density at radius 2 is 1.92 bits per heavy atom. The lowest BCUT2D eigenvalue weighted by Gasteiger charge is -2.18. The molecule has 6 nitrogen and oxygen atoms in total. The van der Waals surface area contributed by atoms with Crippen molar-refractivity contribution < 1.29 is 9.90 Å². The average Bonchev–Trinajstić information content (AvgIpc) is 3.27. The highest BCUT2D eigenvalue weighted by molar-refractivity contribution is 5.96. The zero-order valence-corrected chi connectivity index (χ0v) is 14.5. The van der Waals surface area contributed by atoms with Crippen LogP contribution in [0.4, 0.5) is 5.69 Å².